The van der Waals surface area contributed by atoms with E-state index in [2.05, 4.69) is 43.5 Å². The van der Waals surface area contributed by atoms with Crippen molar-refractivity contribution in [3.8, 4) is 0 Å². The van der Waals surface area contributed by atoms with Crippen LogP contribution in [0.2, 0.25) is 0 Å². The van der Waals surface area contributed by atoms with E-state index in [0.29, 0.717) is 25.0 Å². The van der Waals surface area contributed by atoms with Crippen LogP contribution >= 0.6 is 0 Å². The minimum atomic E-state index is -1.41. The van der Waals surface area contributed by atoms with Crippen molar-refractivity contribution in [2.45, 2.75) is 207 Å². The SMILES string of the molecule is CCCCCCCCCCCC(=O)N[C@@H](CCC(=O)N[C@@H](CCC(=O)NCCOCCOCC(=O)NCCCC[C@H](CC(=O)C(C)(C)CC(=O)C(C)(C)CC(=O)C(C)(C)NC(=O)[C@@H]([NH])Cc1cnc[nH]1)C(N)=O)C(=O)O)C(=O)O. The zero-order chi connectivity index (χ0) is 59.6. The zero-order valence-corrected chi connectivity index (χ0v) is 47.8. The second-order valence-electron chi connectivity index (χ2n) is 22.1. The lowest BCUT2D eigenvalue weighted by Gasteiger charge is -2.33. The summed E-state index contributed by atoms with van der Waals surface area (Å²) in [6.07, 6.45) is 12.2. The van der Waals surface area contributed by atoms with Crippen LogP contribution in [0.25, 0.3) is 0 Å². The van der Waals surface area contributed by atoms with Crippen LogP contribution in [-0.2, 0) is 68.6 Å². The third-order valence-electron chi connectivity index (χ3n) is 13.5. The number of hydrogen-bond acceptors (Lipinski definition) is 14. The summed E-state index contributed by atoms with van der Waals surface area (Å²) >= 11 is 0. The normalized spacial score (nSPS) is 13.3. The molecule has 0 saturated heterocycles. The van der Waals surface area contributed by atoms with Crippen molar-refractivity contribution < 1.29 is 72.4 Å². The fourth-order valence-electron chi connectivity index (χ4n) is 8.20. The first kappa shape index (κ1) is 70.9. The number of rotatable bonds is 47. The highest BCUT2D eigenvalue weighted by Crippen LogP contribution is 2.34. The van der Waals surface area contributed by atoms with Crippen LogP contribution < -0.4 is 38.1 Å². The molecule has 6 amide bonds. The van der Waals surface area contributed by atoms with Gasteiger partial charge in [0.1, 0.15) is 36.3 Å². The summed E-state index contributed by atoms with van der Waals surface area (Å²) in [5.74, 6) is -8.03. The lowest BCUT2D eigenvalue weighted by atomic mass is 9.71. The van der Waals surface area contributed by atoms with Gasteiger partial charge < -0.3 is 57.0 Å². The first-order valence-electron chi connectivity index (χ1n) is 27.7. The van der Waals surface area contributed by atoms with Crippen molar-refractivity contribution in [1.82, 2.24) is 42.3 Å². The maximum atomic E-state index is 13.6. The van der Waals surface area contributed by atoms with Gasteiger partial charge in [0.15, 0.2) is 5.78 Å². The van der Waals surface area contributed by atoms with E-state index in [0.717, 1.165) is 25.7 Å². The van der Waals surface area contributed by atoms with E-state index >= 15 is 0 Å². The highest BCUT2D eigenvalue weighted by molar-refractivity contribution is 5.99. The van der Waals surface area contributed by atoms with E-state index < -0.39 is 93.6 Å². The molecule has 79 heavy (non-hydrogen) atoms. The van der Waals surface area contributed by atoms with Crippen LogP contribution in [0.1, 0.15) is 183 Å². The van der Waals surface area contributed by atoms with Crippen molar-refractivity contribution in [3.05, 3.63) is 18.2 Å². The summed E-state index contributed by atoms with van der Waals surface area (Å²) < 4.78 is 10.7. The topological polar surface area (TPSA) is 385 Å². The summed E-state index contributed by atoms with van der Waals surface area (Å²) in [6, 6.07) is -3.92. The first-order chi connectivity index (χ1) is 37.1. The molecule has 0 aliphatic heterocycles. The number of carboxylic acid groups (broad SMARTS) is 2. The second-order valence-corrected chi connectivity index (χ2v) is 22.1. The quantitative estimate of drug-likeness (QED) is 0.0421. The number of carbonyl (C=O) groups excluding carboxylic acids is 9. The standard InChI is InChI=1S/C55H92N9O15/c1-8-9-10-11-12-13-14-15-16-20-46(69)62-41(52(76)77)22-24-47(70)63-40(51(74)75)21-23-45(68)60-26-27-78-28-29-79-35-48(71)59-25-18-17-19-37(49(57)72)30-42(65)53(2,3)32-43(66)54(4,5)33-44(67)55(6,7)64-50(73)39(56)31-38-34-58-36-61-38/h34,36-37,39-41,56H,8-33,35H2,1-7H3,(H2,57,72)(H,58,61)(H,59,71)(H,60,68)(H,62,69)(H,63,70)(H,64,73)(H,74,75)(H,76,77)/t37-,39+,40+,41+/m1/s1. The predicted molar refractivity (Wildman–Crippen MR) is 291 cm³/mol. The highest BCUT2D eigenvalue weighted by atomic mass is 16.5. The summed E-state index contributed by atoms with van der Waals surface area (Å²) in [5, 5.41) is 31.8. The fraction of sp³-hybridized carbons (Fsp3) is 0.745. The van der Waals surface area contributed by atoms with E-state index in [1.165, 1.54) is 52.1 Å². The number of Topliss-reactive ketones (excluding diaryl/α,β-unsaturated/α-hetero) is 3. The largest absolute Gasteiger partial charge is 0.480 e. The number of primary amides is 1. The number of aliphatic carboxylic acids is 2. The molecular weight excluding hydrogens is 1030 g/mol. The molecule has 1 heterocycles. The number of unbranched alkanes of at least 4 members (excludes halogenated alkanes) is 9. The predicted octanol–water partition coefficient (Wildman–Crippen LogP) is 3.59. The summed E-state index contributed by atoms with van der Waals surface area (Å²) in [6.45, 7) is 11.9. The van der Waals surface area contributed by atoms with Gasteiger partial charge >= 0.3 is 11.9 Å². The minimum absolute atomic E-state index is 0.0615. The Balaban J connectivity index is 2.32. The average molecular weight is 1120 g/mol. The van der Waals surface area contributed by atoms with E-state index in [4.69, 9.17) is 20.9 Å². The van der Waals surface area contributed by atoms with Gasteiger partial charge in [-0.05, 0) is 46.0 Å². The number of aromatic nitrogens is 2. The van der Waals surface area contributed by atoms with Gasteiger partial charge in [0.05, 0.1) is 31.7 Å². The van der Waals surface area contributed by atoms with Crippen molar-refractivity contribution in [1.29, 1.82) is 0 Å². The molecule has 11 N–H and O–H groups in total. The van der Waals surface area contributed by atoms with Crippen LogP contribution in [0.15, 0.2) is 12.5 Å². The molecule has 0 bridgehead atoms. The summed E-state index contributed by atoms with van der Waals surface area (Å²) in [4.78, 5) is 145. The molecule has 1 aromatic heterocycles. The first-order valence-corrected chi connectivity index (χ1v) is 27.7. The van der Waals surface area contributed by atoms with E-state index in [1.807, 2.05) is 0 Å². The lowest BCUT2D eigenvalue weighted by Crippen LogP contribution is -2.54. The summed E-state index contributed by atoms with van der Waals surface area (Å²) in [5.41, 5.74) is 10.7. The third kappa shape index (κ3) is 31.3. The molecule has 0 spiro atoms. The minimum Gasteiger partial charge on any atom is -0.480 e. The number of ketones is 3. The van der Waals surface area contributed by atoms with Gasteiger partial charge in [-0.1, -0.05) is 92.4 Å². The van der Waals surface area contributed by atoms with E-state index in [9.17, 15) is 63.0 Å². The van der Waals surface area contributed by atoms with Gasteiger partial charge in [0, 0.05) is 86.7 Å². The molecule has 24 heteroatoms. The average Bonchev–Trinajstić information content (AvgIpc) is 3.88. The number of amides is 6. The fourth-order valence-corrected chi connectivity index (χ4v) is 8.20. The van der Waals surface area contributed by atoms with Gasteiger partial charge in [0.25, 0.3) is 0 Å². The Kier molecular flexibility index (Phi) is 33.8. The monoisotopic (exact) mass is 1120 g/mol. The maximum Gasteiger partial charge on any atom is 0.326 e. The van der Waals surface area contributed by atoms with Crippen molar-refractivity contribution in [2.75, 3.05) is 39.5 Å². The van der Waals surface area contributed by atoms with Crippen LogP contribution in [-0.4, -0.2) is 148 Å². The number of hydrogen-bond donors (Lipinski definition) is 9. The van der Waals surface area contributed by atoms with Crippen LogP contribution in [0.5, 0.6) is 0 Å². The Labute approximate surface area is 465 Å². The molecule has 0 saturated carbocycles. The Morgan fingerprint density at radius 1 is 0.633 bits per heavy atom. The third-order valence-corrected chi connectivity index (χ3v) is 13.5. The molecule has 24 nitrogen and oxygen atoms in total. The molecule has 447 valence electrons. The van der Waals surface area contributed by atoms with Gasteiger partial charge in [0.2, 0.25) is 35.4 Å². The van der Waals surface area contributed by atoms with Gasteiger partial charge in [-0.15, -0.1) is 0 Å². The summed E-state index contributed by atoms with van der Waals surface area (Å²) in [7, 11) is 0. The number of carboxylic acids is 2. The number of H-pyrrole nitrogens is 1. The molecular formula is C55H92N9O15. The van der Waals surface area contributed by atoms with Crippen molar-refractivity contribution in [3.63, 3.8) is 0 Å². The highest BCUT2D eigenvalue weighted by Gasteiger charge is 2.41. The van der Waals surface area contributed by atoms with Gasteiger partial charge in [-0.3, -0.25) is 43.2 Å². The van der Waals surface area contributed by atoms with Crippen molar-refractivity contribution in [2.24, 2.45) is 22.5 Å². The molecule has 1 aromatic rings. The van der Waals surface area contributed by atoms with Gasteiger partial charge in [-0.2, -0.15) is 0 Å². The molecule has 1 radical (unpaired) electrons. The van der Waals surface area contributed by atoms with Crippen LogP contribution in [0, 0.1) is 16.7 Å². The van der Waals surface area contributed by atoms with Crippen molar-refractivity contribution >= 4 is 64.7 Å². The Morgan fingerprint density at radius 2 is 1.16 bits per heavy atom. The number of carbonyl (C=O) groups is 11. The molecule has 4 atom stereocenters. The number of ether oxygens (including phenoxy) is 2. The number of nitrogens with zero attached hydrogens (tertiary/aromatic N) is 1. The Bertz CT molecular complexity index is 2110. The molecule has 0 unspecified atom stereocenters. The second kappa shape index (κ2) is 37.7. The number of aromatic amines is 1. The molecule has 1 rings (SSSR count). The van der Waals surface area contributed by atoms with Gasteiger partial charge in [-0.25, -0.2) is 20.3 Å². The Hall–Kier alpha value is -6.14. The maximum absolute atomic E-state index is 13.6. The zero-order valence-electron chi connectivity index (χ0n) is 47.8. The van der Waals surface area contributed by atoms with E-state index in [1.54, 1.807) is 27.7 Å². The molecule has 0 aliphatic rings. The van der Waals surface area contributed by atoms with E-state index in [-0.39, 0.29) is 115 Å². The number of imidazole rings is 1. The lowest BCUT2D eigenvalue weighted by molar-refractivity contribution is -0.143. The van der Waals surface area contributed by atoms with Crippen LogP contribution in [0.3, 0.4) is 0 Å². The Morgan fingerprint density at radius 3 is 1.73 bits per heavy atom. The molecule has 0 aromatic carbocycles. The smallest absolute Gasteiger partial charge is 0.326 e. The molecule has 0 aliphatic carbocycles. The molecule has 0 fully saturated rings. The van der Waals surface area contributed by atoms with Crippen LogP contribution in [0.4, 0.5) is 0 Å². The number of nitrogens with one attached hydrogen (secondary N) is 7. The number of nitrogens with two attached hydrogens (primary N) is 1.